The number of hydrogen-bond donors (Lipinski definition) is 2. The summed E-state index contributed by atoms with van der Waals surface area (Å²) in [7, 11) is -4.02. The molecule has 0 radical (unpaired) electrons. The molecule has 0 spiro atoms. The second-order valence-electron chi connectivity index (χ2n) is 9.17. The largest absolute Gasteiger partial charge is 0.462 e. The third-order valence-corrected chi connectivity index (χ3v) is 8.13. The Bertz CT molecular complexity index is 1500. The number of hydrogen-bond acceptors (Lipinski definition) is 5. The molecular formula is C31H29BrN2O5S. The van der Waals surface area contributed by atoms with Crippen molar-refractivity contribution in [3.63, 3.8) is 0 Å². The van der Waals surface area contributed by atoms with Crippen LogP contribution in [0.3, 0.4) is 0 Å². The molecule has 4 aromatic carbocycles. The maximum absolute atomic E-state index is 13.4. The van der Waals surface area contributed by atoms with Gasteiger partial charge in [-0.1, -0.05) is 94.8 Å². The fourth-order valence-corrected chi connectivity index (χ4v) is 5.53. The number of amides is 1. The Labute approximate surface area is 242 Å². The van der Waals surface area contributed by atoms with Crippen molar-refractivity contribution in [3.8, 4) is 0 Å². The van der Waals surface area contributed by atoms with Gasteiger partial charge in [0.2, 0.25) is 10.0 Å². The summed E-state index contributed by atoms with van der Waals surface area (Å²) < 4.78 is 35.2. The second-order valence-corrected chi connectivity index (χ2v) is 11.8. The minimum atomic E-state index is -4.02. The zero-order valence-corrected chi connectivity index (χ0v) is 24.0. The second kappa shape index (κ2) is 14.0. The van der Waals surface area contributed by atoms with Crippen molar-refractivity contribution >= 4 is 37.8 Å². The van der Waals surface area contributed by atoms with Crippen LogP contribution in [0.2, 0.25) is 0 Å². The van der Waals surface area contributed by atoms with E-state index < -0.39 is 28.1 Å². The van der Waals surface area contributed by atoms with Gasteiger partial charge in [-0.15, -0.1) is 0 Å². The Morgan fingerprint density at radius 1 is 0.725 bits per heavy atom. The molecule has 206 valence electrons. The number of carbonyl (C=O) groups excluding carboxylic acids is 2. The SMILES string of the molecule is O=C(N[C@H](COC(=O)[C@H](Cc1ccccc1)NS(=O)(=O)c1ccc(Br)cc1)Cc1ccccc1)c1ccccc1. The minimum Gasteiger partial charge on any atom is -0.462 e. The molecule has 0 aliphatic rings. The van der Waals surface area contributed by atoms with Gasteiger partial charge in [-0.3, -0.25) is 9.59 Å². The van der Waals surface area contributed by atoms with E-state index in [0.717, 1.165) is 15.6 Å². The lowest BCUT2D eigenvalue weighted by Gasteiger charge is -2.22. The lowest BCUT2D eigenvalue weighted by Crippen LogP contribution is -2.46. The Balaban J connectivity index is 1.51. The molecule has 0 aliphatic carbocycles. The van der Waals surface area contributed by atoms with E-state index in [0.29, 0.717) is 12.0 Å². The van der Waals surface area contributed by atoms with Crippen LogP contribution in [0.25, 0.3) is 0 Å². The summed E-state index contributed by atoms with van der Waals surface area (Å²) in [6.07, 6.45) is 0.510. The van der Waals surface area contributed by atoms with Gasteiger partial charge < -0.3 is 10.1 Å². The molecule has 0 fully saturated rings. The van der Waals surface area contributed by atoms with E-state index in [2.05, 4.69) is 26.0 Å². The van der Waals surface area contributed by atoms with Gasteiger partial charge in [-0.25, -0.2) is 8.42 Å². The Morgan fingerprint density at radius 3 is 1.82 bits per heavy atom. The first-order chi connectivity index (χ1) is 19.3. The van der Waals surface area contributed by atoms with Crippen LogP contribution >= 0.6 is 15.9 Å². The molecule has 4 aromatic rings. The molecule has 1 amide bonds. The van der Waals surface area contributed by atoms with Gasteiger partial charge in [-0.2, -0.15) is 4.72 Å². The Hall–Kier alpha value is -3.79. The normalized spacial score (nSPS) is 12.7. The average molecular weight is 622 g/mol. The van der Waals surface area contributed by atoms with Crippen LogP contribution in [0.15, 0.2) is 125 Å². The van der Waals surface area contributed by atoms with Gasteiger partial charge in [0.15, 0.2) is 0 Å². The summed E-state index contributed by atoms with van der Waals surface area (Å²) in [5.74, 6) is -1.04. The monoisotopic (exact) mass is 620 g/mol. The first-order valence-electron chi connectivity index (χ1n) is 12.7. The van der Waals surface area contributed by atoms with Crippen molar-refractivity contribution in [2.24, 2.45) is 0 Å². The highest BCUT2D eigenvalue weighted by Crippen LogP contribution is 2.16. The van der Waals surface area contributed by atoms with E-state index in [-0.39, 0.29) is 23.8 Å². The molecule has 0 saturated heterocycles. The van der Waals surface area contributed by atoms with E-state index in [9.17, 15) is 18.0 Å². The molecule has 0 unspecified atom stereocenters. The van der Waals surface area contributed by atoms with E-state index in [4.69, 9.17) is 4.74 Å². The predicted molar refractivity (Wildman–Crippen MR) is 157 cm³/mol. The van der Waals surface area contributed by atoms with Crippen LogP contribution in [0.1, 0.15) is 21.5 Å². The van der Waals surface area contributed by atoms with Gasteiger partial charge >= 0.3 is 5.97 Å². The number of carbonyl (C=O) groups is 2. The summed E-state index contributed by atoms with van der Waals surface area (Å²) in [6, 6.07) is 31.8. The summed E-state index contributed by atoms with van der Waals surface area (Å²) in [5, 5.41) is 2.95. The summed E-state index contributed by atoms with van der Waals surface area (Å²) in [4.78, 5) is 26.3. The molecule has 40 heavy (non-hydrogen) atoms. The molecule has 0 aliphatic heterocycles. The fraction of sp³-hybridized carbons (Fsp3) is 0.161. The highest BCUT2D eigenvalue weighted by atomic mass is 79.9. The predicted octanol–water partition coefficient (Wildman–Crippen LogP) is 4.92. The number of sulfonamides is 1. The lowest BCUT2D eigenvalue weighted by molar-refractivity contribution is -0.146. The molecule has 4 rings (SSSR count). The molecule has 0 aromatic heterocycles. The molecule has 7 nitrogen and oxygen atoms in total. The summed E-state index contributed by atoms with van der Waals surface area (Å²) in [5.41, 5.74) is 2.20. The number of ether oxygens (including phenoxy) is 1. The standard InChI is InChI=1S/C31H29BrN2O5S/c32-26-16-18-28(19-17-26)40(37,38)34-29(21-24-12-6-2-7-13-24)31(36)39-22-27(20-23-10-4-1-5-11-23)33-30(35)25-14-8-3-9-15-25/h1-19,27,29,34H,20-22H2,(H,33,35)/t27-,29-/m0/s1. The van der Waals surface area contributed by atoms with Crippen LogP contribution < -0.4 is 10.0 Å². The lowest BCUT2D eigenvalue weighted by atomic mass is 10.1. The van der Waals surface area contributed by atoms with Gasteiger partial charge in [0.1, 0.15) is 12.6 Å². The molecule has 0 heterocycles. The quantitative estimate of drug-likeness (QED) is 0.219. The molecular weight excluding hydrogens is 592 g/mol. The third kappa shape index (κ3) is 8.61. The van der Waals surface area contributed by atoms with Crippen LogP contribution in [0.4, 0.5) is 0 Å². The van der Waals surface area contributed by atoms with Crippen molar-refractivity contribution < 1.29 is 22.7 Å². The topological polar surface area (TPSA) is 102 Å². The molecule has 0 bridgehead atoms. The van der Waals surface area contributed by atoms with Gasteiger partial charge in [0, 0.05) is 10.0 Å². The van der Waals surface area contributed by atoms with Crippen molar-refractivity contribution in [2.75, 3.05) is 6.61 Å². The fourth-order valence-electron chi connectivity index (χ4n) is 4.08. The molecule has 9 heteroatoms. The minimum absolute atomic E-state index is 0.0265. The molecule has 2 atom stereocenters. The highest BCUT2D eigenvalue weighted by Gasteiger charge is 2.28. The van der Waals surface area contributed by atoms with Gasteiger partial charge in [-0.05, 0) is 60.4 Å². The van der Waals surface area contributed by atoms with Crippen LogP contribution in [-0.2, 0) is 32.4 Å². The maximum atomic E-state index is 13.4. The van der Waals surface area contributed by atoms with E-state index in [1.165, 1.54) is 12.1 Å². The Kier molecular flexibility index (Phi) is 10.2. The third-order valence-electron chi connectivity index (χ3n) is 6.11. The van der Waals surface area contributed by atoms with Crippen molar-refractivity contribution in [2.45, 2.75) is 29.8 Å². The molecule has 0 saturated carbocycles. The van der Waals surface area contributed by atoms with Crippen LogP contribution in [0.5, 0.6) is 0 Å². The Morgan fingerprint density at radius 2 is 1.25 bits per heavy atom. The summed E-state index contributed by atoms with van der Waals surface area (Å²) in [6.45, 7) is -0.141. The highest BCUT2D eigenvalue weighted by molar-refractivity contribution is 9.10. The average Bonchev–Trinajstić information content (AvgIpc) is 2.97. The zero-order chi connectivity index (χ0) is 28.4. The van der Waals surface area contributed by atoms with Gasteiger partial charge in [0.25, 0.3) is 5.91 Å². The van der Waals surface area contributed by atoms with Crippen LogP contribution in [-0.4, -0.2) is 39.0 Å². The smallest absolute Gasteiger partial charge is 0.324 e. The first-order valence-corrected chi connectivity index (χ1v) is 15.0. The van der Waals surface area contributed by atoms with E-state index >= 15 is 0 Å². The van der Waals surface area contributed by atoms with E-state index in [1.54, 1.807) is 36.4 Å². The van der Waals surface area contributed by atoms with Gasteiger partial charge in [0.05, 0.1) is 10.9 Å². The van der Waals surface area contributed by atoms with Crippen LogP contribution in [0, 0.1) is 0 Å². The zero-order valence-electron chi connectivity index (χ0n) is 21.6. The van der Waals surface area contributed by atoms with Crippen molar-refractivity contribution in [1.82, 2.24) is 10.0 Å². The van der Waals surface area contributed by atoms with Crippen molar-refractivity contribution in [3.05, 3.63) is 136 Å². The number of esters is 1. The number of benzene rings is 4. The maximum Gasteiger partial charge on any atom is 0.324 e. The number of nitrogens with one attached hydrogen (secondary N) is 2. The van der Waals surface area contributed by atoms with Crippen molar-refractivity contribution in [1.29, 1.82) is 0 Å². The summed E-state index contributed by atoms with van der Waals surface area (Å²) >= 11 is 3.30. The first kappa shape index (κ1) is 29.2. The number of rotatable bonds is 12. The van der Waals surface area contributed by atoms with E-state index in [1.807, 2.05) is 66.7 Å². The number of halogens is 1. The molecule has 2 N–H and O–H groups in total.